The summed E-state index contributed by atoms with van der Waals surface area (Å²) in [4.78, 5) is 29.8. The number of oxazole rings is 1. The van der Waals surface area contributed by atoms with Crippen LogP contribution < -0.4 is 5.76 Å². The van der Waals surface area contributed by atoms with E-state index in [2.05, 4.69) is 4.98 Å². The smallest absolute Gasteiger partial charge is 0.406 e. The molecule has 0 aliphatic heterocycles. The van der Waals surface area contributed by atoms with E-state index < -0.39 is 29.3 Å². The Kier molecular flexibility index (Phi) is 4.35. The van der Waals surface area contributed by atoms with Crippen LogP contribution in [-0.4, -0.2) is 27.4 Å². The zero-order valence-electron chi connectivity index (χ0n) is 13.6. The lowest BCUT2D eigenvalue weighted by Gasteiger charge is -2.25. The molecule has 2 heterocycles. The molecule has 0 unspecified atom stereocenters. The lowest BCUT2D eigenvalue weighted by molar-refractivity contribution is -0.132. The molecule has 6 nitrogen and oxygen atoms in total. The number of nitrogens with zero attached hydrogens (tertiary/aromatic N) is 3. The number of hydrogen-bond donors (Lipinski definition) is 0. The summed E-state index contributed by atoms with van der Waals surface area (Å²) >= 11 is 0. The third-order valence-corrected chi connectivity index (χ3v) is 4.12. The molecule has 0 saturated carbocycles. The second-order valence-corrected chi connectivity index (χ2v) is 5.63. The normalized spacial score (nSPS) is 12.3. The first kappa shape index (κ1) is 16.8. The number of benzene rings is 1. The standard InChI is InChI=1S/C17H15F2N3O3/c1-10(11-5-6-12(18)13(19)8-11)21(2)15(23)9-22-16-14(25-17(22)24)4-3-7-20-16/h3-8,10H,9H2,1-2H3/t10-/m1/s1. The van der Waals surface area contributed by atoms with E-state index >= 15 is 0 Å². The largest absolute Gasteiger partial charge is 0.421 e. The molecular weight excluding hydrogens is 332 g/mol. The van der Waals surface area contributed by atoms with Crippen molar-refractivity contribution in [1.82, 2.24) is 14.5 Å². The van der Waals surface area contributed by atoms with Crippen LogP contribution in [0.1, 0.15) is 18.5 Å². The summed E-state index contributed by atoms with van der Waals surface area (Å²) in [5, 5.41) is 0. The van der Waals surface area contributed by atoms with Crippen molar-refractivity contribution >= 4 is 17.1 Å². The molecule has 130 valence electrons. The molecule has 3 rings (SSSR count). The fourth-order valence-corrected chi connectivity index (χ4v) is 2.50. The fourth-order valence-electron chi connectivity index (χ4n) is 2.50. The zero-order valence-corrected chi connectivity index (χ0v) is 13.6. The van der Waals surface area contributed by atoms with Crippen LogP contribution in [0, 0.1) is 11.6 Å². The van der Waals surface area contributed by atoms with Crippen LogP contribution >= 0.6 is 0 Å². The van der Waals surface area contributed by atoms with Gasteiger partial charge < -0.3 is 9.32 Å². The van der Waals surface area contributed by atoms with Crippen molar-refractivity contribution in [3.63, 3.8) is 0 Å². The van der Waals surface area contributed by atoms with E-state index in [0.29, 0.717) is 5.56 Å². The number of carbonyl (C=O) groups excluding carboxylic acids is 1. The molecule has 2 aromatic heterocycles. The lowest BCUT2D eigenvalue weighted by Crippen LogP contribution is -2.34. The van der Waals surface area contributed by atoms with Crippen LogP contribution in [-0.2, 0) is 11.3 Å². The molecule has 1 atom stereocenters. The Morgan fingerprint density at radius 2 is 2.08 bits per heavy atom. The second-order valence-electron chi connectivity index (χ2n) is 5.63. The van der Waals surface area contributed by atoms with Gasteiger partial charge in [-0.25, -0.2) is 23.1 Å². The molecular formula is C17H15F2N3O3. The first-order valence-corrected chi connectivity index (χ1v) is 7.53. The molecule has 8 heteroatoms. The molecule has 0 aliphatic carbocycles. The Morgan fingerprint density at radius 1 is 1.32 bits per heavy atom. The highest BCUT2D eigenvalue weighted by molar-refractivity contribution is 5.78. The van der Waals surface area contributed by atoms with Crippen LogP contribution in [0.5, 0.6) is 0 Å². The third kappa shape index (κ3) is 3.15. The molecule has 25 heavy (non-hydrogen) atoms. The zero-order chi connectivity index (χ0) is 18.1. The van der Waals surface area contributed by atoms with E-state index in [1.807, 2.05) is 0 Å². The minimum absolute atomic E-state index is 0.270. The fraction of sp³-hybridized carbons (Fsp3) is 0.235. The second kappa shape index (κ2) is 6.46. The van der Waals surface area contributed by atoms with Crippen molar-refractivity contribution in [2.45, 2.75) is 19.5 Å². The van der Waals surface area contributed by atoms with E-state index in [0.717, 1.165) is 16.7 Å². The number of aromatic nitrogens is 2. The van der Waals surface area contributed by atoms with Gasteiger partial charge in [0.1, 0.15) is 6.54 Å². The van der Waals surface area contributed by atoms with Crippen molar-refractivity contribution < 1.29 is 18.0 Å². The molecule has 0 aliphatic rings. The molecule has 1 aromatic carbocycles. The molecule has 0 spiro atoms. The van der Waals surface area contributed by atoms with Gasteiger partial charge in [0, 0.05) is 13.2 Å². The summed E-state index contributed by atoms with van der Waals surface area (Å²) in [6.45, 7) is 1.41. The Bertz CT molecular complexity index is 996. The predicted octanol–water partition coefficient (Wildman–Crippen LogP) is 2.49. The van der Waals surface area contributed by atoms with Crippen LogP contribution in [0.4, 0.5) is 8.78 Å². The van der Waals surface area contributed by atoms with Crippen LogP contribution in [0.3, 0.4) is 0 Å². The van der Waals surface area contributed by atoms with Gasteiger partial charge >= 0.3 is 5.76 Å². The monoisotopic (exact) mass is 347 g/mol. The SMILES string of the molecule is C[C@H](c1ccc(F)c(F)c1)N(C)C(=O)Cn1c(=O)oc2cccnc21. The Labute approximate surface area is 141 Å². The summed E-state index contributed by atoms with van der Waals surface area (Å²) in [7, 11) is 1.52. The number of amides is 1. The minimum atomic E-state index is -0.980. The van der Waals surface area contributed by atoms with Gasteiger partial charge in [-0.05, 0) is 36.8 Å². The Balaban J connectivity index is 1.83. The number of fused-ring (bicyclic) bond motifs is 1. The summed E-state index contributed by atoms with van der Waals surface area (Å²) in [6.07, 6.45) is 1.49. The lowest BCUT2D eigenvalue weighted by atomic mass is 10.1. The highest BCUT2D eigenvalue weighted by atomic mass is 19.2. The van der Waals surface area contributed by atoms with E-state index in [9.17, 15) is 18.4 Å². The van der Waals surface area contributed by atoms with Crippen LogP contribution in [0.25, 0.3) is 11.2 Å². The van der Waals surface area contributed by atoms with E-state index in [4.69, 9.17) is 4.42 Å². The average molecular weight is 347 g/mol. The maximum atomic E-state index is 13.4. The number of hydrogen-bond acceptors (Lipinski definition) is 4. The van der Waals surface area contributed by atoms with Crippen LogP contribution in [0.2, 0.25) is 0 Å². The number of halogens is 2. The van der Waals surface area contributed by atoms with Crippen molar-refractivity contribution in [2.24, 2.45) is 0 Å². The van der Waals surface area contributed by atoms with E-state index in [1.165, 1.54) is 24.2 Å². The van der Waals surface area contributed by atoms with Gasteiger partial charge in [-0.3, -0.25) is 4.79 Å². The highest BCUT2D eigenvalue weighted by Gasteiger charge is 2.21. The summed E-state index contributed by atoms with van der Waals surface area (Å²) in [5.41, 5.74) is 1.00. The Morgan fingerprint density at radius 3 is 2.80 bits per heavy atom. The molecule has 0 fully saturated rings. The van der Waals surface area contributed by atoms with E-state index in [1.54, 1.807) is 19.1 Å². The maximum Gasteiger partial charge on any atom is 0.421 e. The van der Waals surface area contributed by atoms with Crippen molar-refractivity contribution in [3.05, 3.63) is 64.3 Å². The summed E-state index contributed by atoms with van der Waals surface area (Å²) < 4.78 is 32.6. The first-order valence-electron chi connectivity index (χ1n) is 7.53. The molecule has 0 N–H and O–H groups in total. The highest BCUT2D eigenvalue weighted by Crippen LogP contribution is 2.21. The Hall–Kier alpha value is -3.03. The van der Waals surface area contributed by atoms with Gasteiger partial charge in [-0.1, -0.05) is 6.07 Å². The number of carbonyl (C=O) groups is 1. The van der Waals surface area contributed by atoms with Gasteiger partial charge in [0.2, 0.25) is 5.91 Å². The van der Waals surface area contributed by atoms with Crippen molar-refractivity contribution in [1.29, 1.82) is 0 Å². The molecule has 0 radical (unpaired) electrons. The number of likely N-dealkylation sites (N-methyl/N-ethyl adjacent to an activating group) is 1. The third-order valence-electron chi connectivity index (χ3n) is 4.12. The van der Waals surface area contributed by atoms with Gasteiger partial charge in [0.05, 0.1) is 6.04 Å². The van der Waals surface area contributed by atoms with E-state index in [-0.39, 0.29) is 17.8 Å². The summed E-state index contributed by atoms with van der Waals surface area (Å²) in [6, 6.07) is 6.16. The van der Waals surface area contributed by atoms with Crippen molar-refractivity contribution in [2.75, 3.05) is 7.05 Å². The van der Waals surface area contributed by atoms with Crippen molar-refractivity contribution in [3.8, 4) is 0 Å². The van der Waals surface area contributed by atoms with Gasteiger partial charge in [-0.2, -0.15) is 0 Å². The maximum absolute atomic E-state index is 13.4. The van der Waals surface area contributed by atoms with Gasteiger partial charge in [0.15, 0.2) is 22.9 Å². The molecule has 0 bridgehead atoms. The molecule has 1 amide bonds. The predicted molar refractivity (Wildman–Crippen MR) is 85.8 cm³/mol. The quantitative estimate of drug-likeness (QED) is 0.727. The van der Waals surface area contributed by atoms with Crippen LogP contribution in [0.15, 0.2) is 45.7 Å². The van der Waals surface area contributed by atoms with Gasteiger partial charge in [0.25, 0.3) is 0 Å². The number of rotatable bonds is 4. The van der Waals surface area contributed by atoms with Gasteiger partial charge in [-0.15, -0.1) is 0 Å². The number of pyridine rings is 1. The topological polar surface area (TPSA) is 68.3 Å². The first-order chi connectivity index (χ1) is 11.9. The molecule has 0 saturated heterocycles. The summed E-state index contributed by atoms with van der Waals surface area (Å²) in [5.74, 6) is -3.01. The average Bonchev–Trinajstić information content (AvgIpc) is 2.91. The molecule has 3 aromatic rings. The minimum Gasteiger partial charge on any atom is -0.406 e.